The normalized spacial score (nSPS) is 12.4. The average Bonchev–Trinajstić information content (AvgIpc) is 2.34. The lowest BCUT2D eigenvalue weighted by atomic mass is 10.1. The summed E-state index contributed by atoms with van der Waals surface area (Å²) in [5.74, 6) is 0. The zero-order chi connectivity index (χ0) is 13.1. The second kappa shape index (κ2) is 5.98. The first kappa shape index (κ1) is 13.8. The van der Waals surface area contributed by atoms with Crippen molar-refractivity contribution in [2.24, 2.45) is 5.73 Å². The highest BCUT2D eigenvalue weighted by atomic mass is 35.5. The van der Waals surface area contributed by atoms with Gasteiger partial charge in [0.1, 0.15) is 0 Å². The number of hydrogen-bond donors (Lipinski definition) is 1. The fraction of sp³-hybridized carbons (Fsp3) is 0.143. The van der Waals surface area contributed by atoms with E-state index < -0.39 is 0 Å². The fourth-order valence-corrected chi connectivity index (χ4v) is 3.20. The summed E-state index contributed by atoms with van der Waals surface area (Å²) >= 11 is 13.7. The lowest BCUT2D eigenvalue weighted by Crippen LogP contribution is -2.05. The van der Waals surface area contributed by atoms with E-state index in [-0.39, 0.29) is 6.04 Å². The molecule has 4 heteroatoms. The Morgan fingerprint density at radius 3 is 2.50 bits per heavy atom. The Labute approximate surface area is 121 Å². The summed E-state index contributed by atoms with van der Waals surface area (Å²) < 4.78 is 0. The molecule has 0 radical (unpaired) electrons. The van der Waals surface area contributed by atoms with Crippen LogP contribution in [0, 0.1) is 0 Å². The quantitative estimate of drug-likeness (QED) is 0.846. The van der Waals surface area contributed by atoms with Gasteiger partial charge in [0, 0.05) is 20.9 Å². The molecule has 2 rings (SSSR count). The highest BCUT2D eigenvalue weighted by Gasteiger charge is 2.09. The summed E-state index contributed by atoms with van der Waals surface area (Å²) in [6, 6.07) is 13.5. The molecule has 1 nitrogen and oxygen atoms in total. The topological polar surface area (TPSA) is 26.0 Å². The number of nitrogens with two attached hydrogens (primary N) is 1. The van der Waals surface area contributed by atoms with Crippen molar-refractivity contribution in [3.05, 3.63) is 58.1 Å². The molecule has 0 saturated carbocycles. The summed E-state index contributed by atoms with van der Waals surface area (Å²) in [6.07, 6.45) is 0. The Bertz CT molecular complexity index is 555. The summed E-state index contributed by atoms with van der Waals surface area (Å²) in [7, 11) is 0. The van der Waals surface area contributed by atoms with E-state index in [0.29, 0.717) is 10.0 Å². The minimum Gasteiger partial charge on any atom is -0.324 e. The van der Waals surface area contributed by atoms with Crippen molar-refractivity contribution in [3.63, 3.8) is 0 Å². The molecule has 0 fully saturated rings. The standard InChI is InChI=1S/C14H13Cl2NS/c1-9(17)11-4-2-3-5-13(11)18-14-8-10(15)6-7-12(14)16/h2-9H,17H2,1H3. The average molecular weight is 298 g/mol. The molecule has 18 heavy (non-hydrogen) atoms. The Morgan fingerprint density at radius 2 is 1.78 bits per heavy atom. The van der Waals surface area contributed by atoms with Crippen LogP contribution in [0.2, 0.25) is 10.0 Å². The van der Waals surface area contributed by atoms with E-state index in [1.54, 1.807) is 23.9 Å². The van der Waals surface area contributed by atoms with Gasteiger partial charge in [0.15, 0.2) is 0 Å². The molecule has 2 aromatic carbocycles. The van der Waals surface area contributed by atoms with Gasteiger partial charge in [0.25, 0.3) is 0 Å². The molecule has 0 amide bonds. The molecule has 0 spiro atoms. The summed E-state index contributed by atoms with van der Waals surface area (Å²) in [5, 5.41) is 1.38. The van der Waals surface area contributed by atoms with Gasteiger partial charge in [0.2, 0.25) is 0 Å². The Hall–Kier alpha value is -0.670. The van der Waals surface area contributed by atoms with Crippen LogP contribution >= 0.6 is 35.0 Å². The van der Waals surface area contributed by atoms with Crippen LogP contribution in [0.5, 0.6) is 0 Å². The van der Waals surface area contributed by atoms with Crippen molar-refractivity contribution < 1.29 is 0 Å². The van der Waals surface area contributed by atoms with Crippen LogP contribution in [0.15, 0.2) is 52.3 Å². The van der Waals surface area contributed by atoms with Crippen molar-refractivity contribution in [2.75, 3.05) is 0 Å². The van der Waals surface area contributed by atoms with Gasteiger partial charge >= 0.3 is 0 Å². The first-order valence-electron chi connectivity index (χ1n) is 5.55. The van der Waals surface area contributed by atoms with E-state index in [4.69, 9.17) is 28.9 Å². The molecule has 1 atom stereocenters. The van der Waals surface area contributed by atoms with Crippen molar-refractivity contribution >= 4 is 35.0 Å². The third-order valence-corrected chi connectivity index (χ3v) is 4.35. The molecule has 0 bridgehead atoms. The molecule has 0 aliphatic carbocycles. The van der Waals surface area contributed by atoms with Gasteiger partial charge in [-0.25, -0.2) is 0 Å². The van der Waals surface area contributed by atoms with Crippen molar-refractivity contribution in [1.29, 1.82) is 0 Å². The monoisotopic (exact) mass is 297 g/mol. The van der Waals surface area contributed by atoms with E-state index in [1.807, 2.05) is 37.3 Å². The zero-order valence-corrected chi connectivity index (χ0v) is 12.2. The van der Waals surface area contributed by atoms with Crippen molar-refractivity contribution in [2.45, 2.75) is 22.8 Å². The third-order valence-electron chi connectivity index (χ3n) is 2.52. The second-order valence-electron chi connectivity index (χ2n) is 4.00. The largest absolute Gasteiger partial charge is 0.324 e. The van der Waals surface area contributed by atoms with Gasteiger partial charge in [-0.1, -0.05) is 53.2 Å². The van der Waals surface area contributed by atoms with Crippen LogP contribution in [0.25, 0.3) is 0 Å². The summed E-state index contributed by atoms with van der Waals surface area (Å²) in [5.41, 5.74) is 7.07. The van der Waals surface area contributed by atoms with Gasteiger partial charge in [-0.2, -0.15) is 0 Å². The predicted octanol–water partition coefficient (Wildman–Crippen LogP) is 5.16. The number of halogens is 2. The lowest BCUT2D eigenvalue weighted by molar-refractivity contribution is 0.797. The first-order chi connectivity index (χ1) is 8.58. The van der Waals surface area contributed by atoms with E-state index in [9.17, 15) is 0 Å². The van der Waals surface area contributed by atoms with Crippen molar-refractivity contribution in [1.82, 2.24) is 0 Å². The van der Waals surface area contributed by atoms with Crippen LogP contribution in [0.1, 0.15) is 18.5 Å². The van der Waals surface area contributed by atoms with Crippen LogP contribution in [-0.2, 0) is 0 Å². The van der Waals surface area contributed by atoms with E-state index in [2.05, 4.69) is 0 Å². The van der Waals surface area contributed by atoms with Gasteiger partial charge in [-0.05, 0) is 36.8 Å². The molecule has 1 unspecified atom stereocenters. The summed E-state index contributed by atoms with van der Waals surface area (Å²) in [4.78, 5) is 2.05. The number of rotatable bonds is 3. The van der Waals surface area contributed by atoms with Crippen LogP contribution in [0.4, 0.5) is 0 Å². The minimum atomic E-state index is -0.00772. The predicted molar refractivity (Wildman–Crippen MR) is 79.6 cm³/mol. The maximum atomic E-state index is 6.17. The van der Waals surface area contributed by atoms with Crippen LogP contribution in [0.3, 0.4) is 0 Å². The molecule has 0 saturated heterocycles. The van der Waals surface area contributed by atoms with E-state index in [1.165, 1.54) is 0 Å². The molecule has 94 valence electrons. The zero-order valence-electron chi connectivity index (χ0n) is 9.86. The third kappa shape index (κ3) is 3.21. The smallest absolute Gasteiger partial charge is 0.0546 e. The second-order valence-corrected chi connectivity index (χ2v) is 5.93. The Balaban J connectivity index is 2.37. The van der Waals surface area contributed by atoms with Crippen LogP contribution in [-0.4, -0.2) is 0 Å². The van der Waals surface area contributed by atoms with E-state index >= 15 is 0 Å². The molecule has 0 heterocycles. The molecular weight excluding hydrogens is 285 g/mol. The number of benzene rings is 2. The summed E-state index contributed by atoms with van der Waals surface area (Å²) in [6.45, 7) is 1.97. The molecule has 2 aromatic rings. The Morgan fingerprint density at radius 1 is 1.06 bits per heavy atom. The number of hydrogen-bond acceptors (Lipinski definition) is 2. The maximum Gasteiger partial charge on any atom is 0.0546 e. The minimum absolute atomic E-state index is 0.00772. The van der Waals surface area contributed by atoms with Crippen molar-refractivity contribution in [3.8, 4) is 0 Å². The lowest BCUT2D eigenvalue weighted by Gasteiger charge is -2.12. The molecule has 2 N–H and O–H groups in total. The maximum absolute atomic E-state index is 6.17. The Kier molecular flexibility index (Phi) is 4.57. The van der Waals surface area contributed by atoms with Gasteiger partial charge in [-0.3, -0.25) is 0 Å². The van der Waals surface area contributed by atoms with Gasteiger partial charge < -0.3 is 5.73 Å². The van der Waals surface area contributed by atoms with E-state index in [0.717, 1.165) is 15.4 Å². The fourth-order valence-electron chi connectivity index (χ4n) is 1.62. The van der Waals surface area contributed by atoms with Crippen LogP contribution < -0.4 is 5.73 Å². The van der Waals surface area contributed by atoms with Gasteiger partial charge in [-0.15, -0.1) is 0 Å². The first-order valence-corrected chi connectivity index (χ1v) is 7.12. The molecule has 0 aliphatic rings. The van der Waals surface area contributed by atoms with Gasteiger partial charge in [0.05, 0.1) is 5.02 Å². The molecule has 0 aliphatic heterocycles. The molecular formula is C14H13Cl2NS. The highest BCUT2D eigenvalue weighted by molar-refractivity contribution is 7.99. The SMILES string of the molecule is CC(N)c1ccccc1Sc1cc(Cl)ccc1Cl. The molecule has 0 aromatic heterocycles. The highest BCUT2D eigenvalue weighted by Crippen LogP contribution is 2.37.